The number of hydrogen-bond acceptors (Lipinski definition) is 3. The number of allylic oxidation sites excluding steroid dienone is 6. The van der Waals surface area contributed by atoms with E-state index in [2.05, 4.69) is 13.2 Å². The summed E-state index contributed by atoms with van der Waals surface area (Å²) in [6.07, 6.45) is 7.95. The summed E-state index contributed by atoms with van der Waals surface area (Å²) in [7, 11) is 0. The molecule has 1 aromatic carbocycles. The Hall–Kier alpha value is -2.68. The smallest absolute Gasteiger partial charge is 0.163 e. The second kappa shape index (κ2) is 6.56. The molecule has 1 N–H and O–H groups in total. The van der Waals surface area contributed by atoms with Gasteiger partial charge in [-0.05, 0) is 42.6 Å². The van der Waals surface area contributed by atoms with Gasteiger partial charge >= 0.3 is 0 Å². The minimum absolute atomic E-state index is 0.0122. The van der Waals surface area contributed by atoms with Gasteiger partial charge in [0.15, 0.2) is 11.6 Å². The molecule has 134 valence electrons. The Balaban J connectivity index is 2.25. The number of ketones is 2. The van der Waals surface area contributed by atoms with Crippen LogP contribution in [0.4, 0.5) is 0 Å². The number of benzene rings is 1. The van der Waals surface area contributed by atoms with Gasteiger partial charge < -0.3 is 5.11 Å². The Morgan fingerprint density at radius 3 is 2.69 bits per heavy atom. The molecule has 3 atom stereocenters. The summed E-state index contributed by atoms with van der Waals surface area (Å²) in [6, 6.07) is 5.55. The fraction of sp³-hybridized carbons (Fsp3) is 0.304. The predicted octanol–water partition coefficient (Wildman–Crippen LogP) is 4.44. The Morgan fingerprint density at radius 1 is 1.31 bits per heavy atom. The van der Waals surface area contributed by atoms with Crippen LogP contribution in [0.1, 0.15) is 37.3 Å². The van der Waals surface area contributed by atoms with Crippen LogP contribution in [0.3, 0.4) is 0 Å². The minimum Gasteiger partial charge on any atom is -0.507 e. The summed E-state index contributed by atoms with van der Waals surface area (Å²) in [4.78, 5) is 25.9. The first-order chi connectivity index (χ1) is 12.4. The molecule has 3 nitrogen and oxygen atoms in total. The van der Waals surface area contributed by atoms with Crippen molar-refractivity contribution in [3.63, 3.8) is 0 Å². The van der Waals surface area contributed by atoms with Crippen molar-refractivity contribution in [2.24, 2.45) is 11.3 Å². The first kappa shape index (κ1) is 18.1. The Bertz CT molecular complexity index is 871. The van der Waals surface area contributed by atoms with E-state index in [4.69, 9.17) is 0 Å². The molecular weight excluding hydrogens is 324 g/mol. The Kier molecular flexibility index (Phi) is 4.57. The van der Waals surface area contributed by atoms with E-state index in [1.54, 1.807) is 19.1 Å². The van der Waals surface area contributed by atoms with E-state index in [1.165, 1.54) is 6.08 Å². The fourth-order valence-corrected chi connectivity index (χ4v) is 4.42. The largest absolute Gasteiger partial charge is 0.507 e. The zero-order valence-electron chi connectivity index (χ0n) is 15.3. The van der Waals surface area contributed by atoms with E-state index in [0.29, 0.717) is 24.0 Å². The lowest BCUT2D eigenvalue weighted by molar-refractivity contribution is -0.137. The summed E-state index contributed by atoms with van der Waals surface area (Å²) >= 11 is 0. The molecule has 2 aliphatic rings. The molecule has 0 aliphatic heterocycles. The van der Waals surface area contributed by atoms with Crippen molar-refractivity contribution in [1.29, 1.82) is 0 Å². The fourth-order valence-electron chi connectivity index (χ4n) is 4.42. The zero-order valence-corrected chi connectivity index (χ0v) is 15.3. The Morgan fingerprint density at radius 2 is 2.04 bits per heavy atom. The van der Waals surface area contributed by atoms with Gasteiger partial charge in [-0.25, -0.2) is 0 Å². The highest BCUT2D eigenvalue weighted by molar-refractivity contribution is 6.13. The van der Waals surface area contributed by atoms with Crippen molar-refractivity contribution < 1.29 is 14.7 Å². The van der Waals surface area contributed by atoms with Gasteiger partial charge in [0.25, 0.3) is 0 Å². The molecule has 0 saturated heterocycles. The van der Waals surface area contributed by atoms with Gasteiger partial charge in [-0.1, -0.05) is 49.9 Å². The number of carbonyl (C=O) groups is 2. The molecule has 0 amide bonds. The average molecular weight is 348 g/mol. The van der Waals surface area contributed by atoms with E-state index >= 15 is 0 Å². The second-order valence-electron chi connectivity index (χ2n) is 7.32. The molecule has 0 bridgehead atoms. The van der Waals surface area contributed by atoms with E-state index in [-0.39, 0.29) is 17.3 Å². The molecule has 0 radical (unpaired) electrons. The molecule has 0 spiro atoms. The lowest BCUT2D eigenvalue weighted by Crippen LogP contribution is -2.49. The number of aromatic hydroxyl groups is 1. The van der Waals surface area contributed by atoms with Crippen molar-refractivity contribution in [1.82, 2.24) is 0 Å². The molecular formula is C23H24O3. The van der Waals surface area contributed by atoms with Gasteiger partial charge in [0, 0.05) is 17.4 Å². The monoisotopic (exact) mass is 348 g/mol. The number of fused-ring (bicyclic) bond motifs is 1. The molecule has 0 fully saturated rings. The lowest BCUT2D eigenvalue weighted by atomic mass is 9.53. The molecule has 3 rings (SSSR count). The number of rotatable bonds is 4. The summed E-state index contributed by atoms with van der Waals surface area (Å²) in [5.74, 6) is -0.720. The summed E-state index contributed by atoms with van der Waals surface area (Å²) in [5, 5.41) is 10.9. The van der Waals surface area contributed by atoms with Crippen molar-refractivity contribution in [2.75, 3.05) is 0 Å². The highest BCUT2D eigenvalue weighted by atomic mass is 16.3. The highest BCUT2D eigenvalue weighted by Crippen LogP contribution is 2.56. The van der Waals surface area contributed by atoms with Gasteiger partial charge in [0.2, 0.25) is 0 Å². The normalized spacial score (nSPS) is 28.1. The first-order valence-electron chi connectivity index (χ1n) is 8.87. The van der Waals surface area contributed by atoms with Crippen molar-refractivity contribution in [3.05, 3.63) is 77.9 Å². The highest BCUT2D eigenvalue weighted by Gasteiger charge is 2.55. The van der Waals surface area contributed by atoms with Gasteiger partial charge in [0.05, 0.1) is 5.41 Å². The molecule has 1 aromatic rings. The van der Waals surface area contributed by atoms with Gasteiger partial charge in [-0.3, -0.25) is 9.59 Å². The quantitative estimate of drug-likeness (QED) is 0.818. The van der Waals surface area contributed by atoms with E-state index in [1.807, 2.05) is 31.2 Å². The minimum atomic E-state index is -0.931. The van der Waals surface area contributed by atoms with Gasteiger partial charge in [-0.2, -0.15) is 0 Å². The average Bonchev–Trinajstić information content (AvgIpc) is 2.62. The van der Waals surface area contributed by atoms with E-state index in [9.17, 15) is 14.7 Å². The lowest BCUT2D eigenvalue weighted by Gasteiger charge is -2.47. The molecule has 0 heterocycles. The third-order valence-electron chi connectivity index (χ3n) is 5.89. The zero-order chi connectivity index (χ0) is 19.1. The SMILES string of the molecule is C=CCc1cccc(C2C(C=C)=CCC3C(=O)C(C)=CC(=O)C32C)c1O. The van der Waals surface area contributed by atoms with Crippen LogP contribution in [0.15, 0.2) is 66.8 Å². The maximum atomic E-state index is 13.1. The third kappa shape index (κ3) is 2.50. The maximum absolute atomic E-state index is 13.1. The molecule has 2 aliphatic carbocycles. The number of phenolic OH excluding ortho intramolecular Hbond substituents is 1. The van der Waals surface area contributed by atoms with Crippen LogP contribution >= 0.6 is 0 Å². The molecule has 0 saturated carbocycles. The van der Waals surface area contributed by atoms with Gasteiger partial charge in [0.1, 0.15) is 5.75 Å². The van der Waals surface area contributed by atoms with Crippen LogP contribution in [0.25, 0.3) is 0 Å². The van der Waals surface area contributed by atoms with Crippen LogP contribution in [-0.4, -0.2) is 16.7 Å². The first-order valence-corrected chi connectivity index (χ1v) is 8.87. The van der Waals surface area contributed by atoms with Gasteiger partial charge in [-0.15, -0.1) is 6.58 Å². The number of Topliss-reactive ketones (excluding diaryl/α,β-unsaturated/α-hetero) is 1. The third-order valence-corrected chi connectivity index (χ3v) is 5.89. The summed E-state index contributed by atoms with van der Waals surface area (Å²) in [5.41, 5.74) is 1.88. The summed E-state index contributed by atoms with van der Waals surface area (Å²) < 4.78 is 0. The molecule has 3 heteroatoms. The van der Waals surface area contributed by atoms with Crippen LogP contribution in [0, 0.1) is 11.3 Å². The Labute approximate surface area is 154 Å². The number of hydrogen-bond donors (Lipinski definition) is 1. The predicted molar refractivity (Wildman–Crippen MR) is 103 cm³/mol. The number of phenols is 1. The second-order valence-corrected chi connectivity index (χ2v) is 7.32. The molecule has 0 aromatic heterocycles. The number of para-hydroxylation sites is 1. The molecule has 3 unspecified atom stereocenters. The van der Waals surface area contributed by atoms with Crippen LogP contribution < -0.4 is 0 Å². The summed E-state index contributed by atoms with van der Waals surface area (Å²) in [6.45, 7) is 11.2. The molecule has 26 heavy (non-hydrogen) atoms. The maximum Gasteiger partial charge on any atom is 0.163 e. The van der Waals surface area contributed by atoms with Crippen molar-refractivity contribution >= 4 is 11.6 Å². The standard InChI is InChI=1S/C23H24O3/c1-5-8-16-9-7-10-17(22(16)26)20-15(6-2)11-12-18-21(25)14(3)13-19(24)23(18,20)4/h5-7,9-11,13,18,20,26H,1-2,8,12H2,3-4H3. The van der Waals surface area contributed by atoms with Crippen LogP contribution in [-0.2, 0) is 16.0 Å². The van der Waals surface area contributed by atoms with Crippen LogP contribution in [0.2, 0.25) is 0 Å². The van der Waals surface area contributed by atoms with Crippen molar-refractivity contribution in [3.8, 4) is 5.75 Å². The van der Waals surface area contributed by atoms with E-state index in [0.717, 1.165) is 11.1 Å². The van der Waals surface area contributed by atoms with E-state index < -0.39 is 17.3 Å². The van der Waals surface area contributed by atoms with Crippen molar-refractivity contribution in [2.45, 2.75) is 32.6 Å². The topological polar surface area (TPSA) is 54.4 Å². The van der Waals surface area contributed by atoms with Crippen LogP contribution in [0.5, 0.6) is 5.75 Å². The number of carbonyl (C=O) groups excluding carboxylic acids is 2.